The Hall–Kier alpha value is -3.84. The van der Waals surface area contributed by atoms with Gasteiger partial charge in [-0.2, -0.15) is 0 Å². The number of carbonyl (C=O) groups is 2. The summed E-state index contributed by atoms with van der Waals surface area (Å²) in [5.41, 5.74) is 3.78. The summed E-state index contributed by atoms with van der Waals surface area (Å²) in [5.74, 6) is 0.919. The van der Waals surface area contributed by atoms with Crippen molar-refractivity contribution >= 4 is 40.1 Å². The van der Waals surface area contributed by atoms with Crippen molar-refractivity contribution in [1.82, 2.24) is 15.3 Å². The van der Waals surface area contributed by atoms with Crippen LogP contribution in [0.5, 0.6) is 5.75 Å². The number of carbonyl (C=O) groups excluding carboxylic acids is 2. The van der Waals surface area contributed by atoms with E-state index in [1.54, 1.807) is 25.3 Å². The van der Waals surface area contributed by atoms with Crippen LogP contribution >= 0.6 is 11.6 Å². The highest BCUT2D eigenvalue weighted by atomic mass is 35.5. The molecule has 0 aliphatic carbocycles. The van der Waals surface area contributed by atoms with Gasteiger partial charge in [-0.05, 0) is 48.0 Å². The number of imidazole rings is 1. The van der Waals surface area contributed by atoms with Gasteiger partial charge in [-0.3, -0.25) is 9.59 Å². The first kappa shape index (κ1) is 22.4. The highest BCUT2D eigenvalue weighted by molar-refractivity contribution is 6.33. The quantitative estimate of drug-likeness (QED) is 0.356. The standard InChI is InChI=1S/C25H23ClN4O3/c1-15(31)27-22(16-7-10-18(33-2)11-8-16)14-24(32)28-17-9-12-21-23(13-17)30-25(29-21)19-5-3-4-6-20(19)26/h3-13,22H,14H2,1-2H3,(H,27,31)(H,28,32)(H,29,30)/t22-/m1/s1. The molecule has 0 saturated carbocycles. The number of halogens is 1. The van der Waals surface area contributed by atoms with Crippen LogP contribution in [0.4, 0.5) is 5.69 Å². The van der Waals surface area contributed by atoms with E-state index in [1.807, 2.05) is 48.5 Å². The van der Waals surface area contributed by atoms with Crippen LogP contribution in [0.25, 0.3) is 22.4 Å². The Kier molecular flexibility index (Phi) is 6.60. The van der Waals surface area contributed by atoms with E-state index >= 15 is 0 Å². The number of rotatable bonds is 7. The van der Waals surface area contributed by atoms with Gasteiger partial charge in [0.2, 0.25) is 11.8 Å². The lowest BCUT2D eigenvalue weighted by Gasteiger charge is -2.18. The number of ether oxygens (including phenoxy) is 1. The maximum atomic E-state index is 12.8. The molecule has 8 heteroatoms. The van der Waals surface area contributed by atoms with Crippen molar-refractivity contribution in [2.45, 2.75) is 19.4 Å². The number of amides is 2. The van der Waals surface area contributed by atoms with Crippen LogP contribution in [0.2, 0.25) is 5.02 Å². The fourth-order valence-corrected chi connectivity index (χ4v) is 3.82. The predicted octanol–water partition coefficient (Wildman–Crippen LogP) is 5.10. The molecule has 2 amide bonds. The van der Waals surface area contributed by atoms with Crippen LogP contribution in [0.3, 0.4) is 0 Å². The van der Waals surface area contributed by atoms with E-state index in [0.717, 1.165) is 22.2 Å². The van der Waals surface area contributed by atoms with Crippen molar-refractivity contribution in [1.29, 1.82) is 0 Å². The van der Waals surface area contributed by atoms with Gasteiger partial charge in [0.1, 0.15) is 11.6 Å². The van der Waals surface area contributed by atoms with Crippen molar-refractivity contribution in [3.05, 3.63) is 77.3 Å². The van der Waals surface area contributed by atoms with Crippen LogP contribution < -0.4 is 15.4 Å². The minimum atomic E-state index is -0.462. The minimum absolute atomic E-state index is 0.0811. The molecule has 1 atom stereocenters. The Bertz CT molecular complexity index is 1300. The van der Waals surface area contributed by atoms with Gasteiger partial charge in [0.05, 0.1) is 35.6 Å². The molecule has 3 N–H and O–H groups in total. The molecule has 0 aliphatic heterocycles. The second kappa shape index (κ2) is 9.75. The summed E-state index contributed by atoms with van der Waals surface area (Å²) in [4.78, 5) is 32.3. The van der Waals surface area contributed by atoms with Crippen molar-refractivity contribution in [2.24, 2.45) is 0 Å². The van der Waals surface area contributed by atoms with Crippen LogP contribution in [-0.4, -0.2) is 28.9 Å². The molecule has 4 aromatic rings. The summed E-state index contributed by atoms with van der Waals surface area (Å²) in [6.07, 6.45) is 0.0811. The lowest BCUT2D eigenvalue weighted by molar-refractivity contribution is -0.120. The Morgan fingerprint density at radius 3 is 2.55 bits per heavy atom. The molecule has 33 heavy (non-hydrogen) atoms. The first-order valence-corrected chi connectivity index (χ1v) is 10.8. The summed E-state index contributed by atoms with van der Waals surface area (Å²) in [6, 6.07) is 19.7. The summed E-state index contributed by atoms with van der Waals surface area (Å²) in [7, 11) is 1.58. The molecule has 4 rings (SSSR count). The van der Waals surface area contributed by atoms with Gasteiger partial charge in [-0.15, -0.1) is 0 Å². The summed E-state index contributed by atoms with van der Waals surface area (Å²) in [6.45, 7) is 1.43. The third kappa shape index (κ3) is 5.32. The lowest BCUT2D eigenvalue weighted by Crippen LogP contribution is -2.29. The van der Waals surface area contributed by atoms with Gasteiger partial charge in [-0.25, -0.2) is 4.98 Å². The van der Waals surface area contributed by atoms with Gasteiger partial charge < -0.3 is 20.4 Å². The van der Waals surface area contributed by atoms with Crippen molar-refractivity contribution in [3.8, 4) is 17.1 Å². The molecule has 0 saturated heterocycles. The van der Waals surface area contributed by atoms with Gasteiger partial charge in [0, 0.05) is 18.2 Å². The molecule has 0 aliphatic rings. The molecule has 1 heterocycles. The summed E-state index contributed by atoms with van der Waals surface area (Å²) < 4.78 is 5.18. The average Bonchev–Trinajstić information content (AvgIpc) is 3.22. The van der Waals surface area contributed by atoms with E-state index in [1.165, 1.54) is 6.92 Å². The molecule has 0 fully saturated rings. The zero-order chi connectivity index (χ0) is 23.4. The predicted molar refractivity (Wildman–Crippen MR) is 129 cm³/mol. The zero-order valence-corrected chi connectivity index (χ0v) is 18.9. The number of hydrogen-bond acceptors (Lipinski definition) is 4. The number of nitrogens with one attached hydrogen (secondary N) is 3. The fourth-order valence-electron chi connectivity index (χ4n) is 3.60. The van der Waals surface area contributed by atoms with Crippen LogP contribution in [0.1, 0.15) is 24.9 Å². The van der Waals surface area contributed by atoms with E-state index in [9.17, 15) is 9.59 Å². The topological polar surface area (TPSA) is 96.1 Å². The number of methoxy groups -OCH3 is 1. The molecule has 1 aromatic heterocycles. The Balaban J connectivity index is 1.50. The minimum Gasteiger partial charge on any atom is -0.497 e. The molecule has 0 unspecified atom stereocenters. The third-order valence-electron chi connectivity index (χ3n) is 5.18. The van der Waals surface area contributed by atoms with Crippen LogP contribution in [0.15, 0.2) is 66.7 Å². The second-order valence-corrected chi connectivity index (χ2v) is 7.98. The number of hydrogen-bond donors (Lipinski definition) is 3. The number of nitrogens with zero attached hydrogens (tertiary/aromatic N) is 1. The molecular weight excluding hydrogens is 440 g/mol. The number of aromatic amines is 1. The lowest BCUT2D eigenvalue weighted by atomic mass is 10.0. The summed E-state index contributed by atoms with van der Waals surface area (Å²) >= 11 is 6.28. The number of anilines is 1. The van der Waals surface area contributed by atoms with Crippen molar-refractivity contribution in [3.63, 3.8) is 0 Å². The van der Waals surface area contributed by atoms with Gasteiger partial charge in [0.25, 0.3) is 0 Å². The van der Waals surface area contributed by atoms with E-state index in [2.05, 4.69) is 20.6 Å². The molecule has 168 valence electrons. The largest absolute Gasteiger partial charge is 0.497 e. The molecule has 0 bridgehead atoms. The molecular formula is C25H23ClN4O3. The van der Waals surface area contributed by atoms with Gasteiger partial charge in [-0.1, -0.05) is 35.9 Å². The number of H-pyrrole nitrogens is 1. The molecule has 0 spiro atoms. The Morgan fingerprint density at radius 2 is 1.85 bits per heavy atom. The van der Waals surface area contributed by atoms with Crippen LogP contribution in [-0.2, 0) is 9.59 Å². The van der Waals surface area contributed by atoms with Crippen LogP contribution in [0, 0.1) is 0 Å². The van der Waals surface area contributed by atoms with E-state index in [0.29, 0.717) is 22.3 Å². The van der Waals surface area contributed by atoms with Gasteiger partial charge >= 0.3 is 0 Å². The number of benzene rings is 3. The highest BCUT2D eigenvalue weighted by Crippen LogP contribution is 2.28. The van der Waals surface area contributed by atoms with Crippen molar-refractivity contribution < 1.29 is 14.3 Å². The SMILES string of the molecule is COc1ccc([C@@H](CC(=O)Nc2ccc3nc(-c4ccccc4Cl)[nH]c3c2)NC(C)=O)cc1. The molecule has 7 nitrogen and oxygen atoms in total. The monoisotopic (exact) mass is 462 g/mol. The Labute approximate surface area is 196 Å². The molecule has 3 aromatic carbocycles. The first-order valence-electron chi connectivity index (χ1n) is 10.4. The smallest absolute Gasteiger partial charge is 0.226 e. The van der Waals surface area contributed by atoms with Gasteiger partial charge in [0.15, 0.2) is 0 Å². The van der Waals surface area contributed by atoms with E-state index < -0.39 is 6.04 Å². The molecule has 0 radical (unpaired) electrons. The third-order valence-corrected chi connectivity index (χ3v) is 5.51. The normalized spacial score (nSPS) is 11.7. The zero-order valence-electron chi connectivity index (χ0n) is 18.2. The Morgan fingerprint density at radius 1 is 1.09 bits per heavy atom. The highest BCUT2D eigenvalue weighted by Gasteiger charge is 2.18. The maximum absolute atomic E-state index is 12.8. The van der Waals surface area contributed by atoms with E-state index in [4.69, 9.17) is 16.3 Å². The summed E-state index contributed by atoms with van der Waals surface area (Å²) in [5, 5.41) is 6.34. The second-order valence-electron chi connectivity index (χ2n) is 7.58. The fraction of sp³-hybridized carbons (Fsp3) is 0.160. The first-order chi connectivity index (χ1) is 15.9. The van der Waals surface area contributed by atoms with E-state index in [-0.39, 0.29) is 18.2 Å². The maximum Gasteiger partial charge on any atom is 0.226 e. The average molecular weight is 463 g/mol. The van der Waals surface area contributed by atoms with Crippen molar-refractivity contribution in [2.75, 3.05) is 12.4 Å². The number of fused-ring (bicyclic) bond motifs is 1. The number of aromatic nitrogens is 2.